The Morgan fingerprint density at radius 2 is 1.50 bits per heavy atom. The molecular formula is C15H12N4O. The predicted molar refractivity (Wildman–Crippen MR) is 75.8 cm³/mol. The van der Waals surface area contributed by atoms with Crippen molar-refractivity contribution >= 4 is 11.5 Å². The fourth-order valence-electron chi connectivity index (χ4n) is 1.77. The van der Waals surface area contributed by atoms with E-state index in [1.54, 1.807) is 0 Å². The molecule has 0 amide bonds. The Bertz CT molecular complexity index is 720. The van der Waals surface area contributed by atoms with Crippen molar-refractivity contribution in [2.24, 2.45) is 10.2 Å². The molecule has 0 aliphatic heterocycles. The van der Waals surface area contributed by atoms with Gasteiger partial charge in [0.05, 0.1) is 11.4 Å². The fourth-order valence-corrected chi connectivity index (χ4v) is 1.77. The van der Waals surface area contributed by atoms with E-state index >= 15 is 0 Å². The van der Waals surface area contributed by atoms with E-state index in [9.17, 15) is 5.11 Å². The maximum absolute atomic E-state index is 9.88. The Balaban J connectivity index is 1.88. The normalized spacial score (nSPS) is 11.0. The molecule has 98 valence electrons. The van der Waals surface area contributed by atoms with Crippen molar-refractivity contribution in [3.8, 4) is 11.6 Å². The fraction of sp³-hybridized carbons (Fsp3) is 0. The van der Waals surface area contributed by atoms with E-state index in [1.165, 1.54) is 10.7 Å². The molecule has 3 aromatic rings. The molecule has 0 unspecified atom stereocenters. The van der Waals surface area contributed by atoms with Crippen LogP contribution in [0.15, 0.2) is 77.0 Å². The lowest BCUT2D eigenvalue weighted by Crippen LogP contribution is -1.94. The van der Waals surface area contributed by atoms with Gasteiger partial charge in [0.25, 0.3) is 0 Å². The number of benzene rings is 2. The van der Waals surface area contributed by atoms with Crippen molar-refractivity contribution in [1.82, 2.24) is 9.78 Å². The molecule has 0 radical (unpaired) electrons. The molecule has 1 N–H and O–H groups in total. The predicted octanol–water partition coefficient (Wildman–Crippen LogP) is 3.99. The topological polar surface area (TPSA) is 62.8 Å². The van der Waals surface area contributed by atoms with Gasteiger partial charge in [-0.15, -0.1) is 15.3 Å². The first kappa shape index (κ1) is 12.1. The standard InChI is InChI=1S/C15H12N4O/c20-15-11-14(17-16-12-7-3-1-4-8-12)18-19(15)13-9-5-2-6-10-13/h1-11,20H. The first-order valence-corrected chi connectivity index (χ1v) is 6.14. The molecule has 0 fully saturated rings. The monoisotopic (exact) mass is 264 g/mol. The second kappa shape index (κ2) is 5.36. The maximum atomic E-state index is 9.88. The number of nitrogens with zero attached hydrogens (tertiary/aromatic N) is 4. The summed E-state index contributed by atoms with van der Waals surface area (Å²) in [5, 5.41) is 22.2. The molecule has 1 heterocycles. The Labute approximate surface area is 115 Å². The minimum absolute atomic E-state index is 0.0261. The molecule has 0 bridgehead atoms. The van der Waals surface area contributed by atoms with Crippen molar-refractivity contribution < 1.29 is 5.11 Å². The third kappa shape index (κ3) is 2.56. The number of rotatable bonds is 3. The summed E-state index contributed by atoms with van der Waals surface area (Å²) >= 11 is 0. The highest BCUT2D eigenvalue weighted by Gasteiger charge is 2.07. The van der Waals surface area contributed by atoms with E-state index in [0.717, 1.165) is 11.4 Å². The molecule has 20 heavy (non-hydrogen) atoms. The molecule has 0 aliphatic rings. The number of aromatic nitrogens is 2. The molecule has 0 aliphatic carbocycles. The second-order valence-electron chi connectivity index (χ2n) is 4.14. The maximum Gasteiger partial charge on any atom is 0.216 e. The average molecular weight is 264 g/mol. The van der Waals surface area contributed by atoms with Gasteiger partial charge >= 0.3 is 0 Å². The van der Waals surface area contributed by atoms with Crippen molar-refractivity contribution in [1.29, 1.82) is 0 Å². The molecular weight excluding hydrogens is 252 g/mol. The summed E-state index contributed by atoms with van der Waals surface area (Å²) in [6.45, 7) is 0. The lowest BCUT2D eigenvalue weighted by molar-refractivity contribution is 0.433. The number of aromatic hydroxyl groups is 1. The van der Waals surface area contributed by atoms with Gasteiger partial charge in [-0.3, -0.25) is 0 Å². The van der Waals surface area contributed by atoms with E-state index in [1.807, 2.05) is 60.7 Å². The lowest BCUT2D eigenvalue weighted by Gasteiger charge is -2.00. The van der Waals surface area contributed by atoms with Gasteiger partial charge in [0.1, 0.15) is 0 Å². The van der Waals surface area contributed by atoms with Gasteiger partial charge in [0, 0.05) is 6.07 Å². The van der Waals surface area contributed by atoms with Gasteiger partial charge < -0.3 is 5.11 Å². The minimum atomic E-state index is 0.0261. The van der Waals surface area contributed by atoms with Gasteiger partial charge in [-0.1, -0.05) is 36.4 Å². The summed E-state index contributed by atoms with van der Waals surface area (Å²) < 4.78 is 1.42. The summed E-state index contributed by atoms with van der Waals surface area (Å²) in [4.78, 5) is 0. The third-order valence-corrected chi connectivity index (χ3v) is 2.70. The van der Waals surface area contributed by atoms with Crippen LogP contribution >= 0.6 is 0 Å². The van der Waals surface area contributed by atoms with Crippen molar-refractivity contribution in [3.63, 3.8) is 0 Å². The molecule has 1 aromatic heterocycles. The summed E-state index contributed by atoms with van der Waals surface area (Å²) in [6.07, 6.45) is 0. The van der Waals surface area contributed by atoms with Crippen LogP contribution in [-0.2, 0) is 0 Å². The van der Waals surface area contributed by atoms with E-state index in [4.69, 9.17) is 0 Å². The van der Waals surface area contributed by atoms with Crippen LogP contribution < -0.4 is 0 Å². The highest BCUT2D eigenvalue weighted by atomic mass is 16.3. The smallest absolute Gasteiger partial charge is 0.216 e. The molecule has 0 spiro atoms. The first-order valence-electron chi connectivity index (χ1n) is 6.14. The van der Waals surface area contributed by atoms with Crippen LogP contribution in [0.5, 0.6) is 5.88 Å². The van der Waals surface area contributed by atoms with Crippen LogP contribution in [0.25, 0.3) is 5.69 Å². The summed E-state index contributed by atoms with van der Waals surface area (Å²) in [5.74, 6) is 0.383. The molecule has 0 atom stereocenters. The highest BCUT2D eigenvalue weighted by Crippen LogP contribution is 2.24. The van der Waals surface area contributed by atoms with E-state index in [0.29, 0.717) is 5.82 Å². The number of para-hydroxylation sites is 1. The SMILES string of the molecule is Oc1cc(N=Nc2ccccc2)nn1-c1ccccc1. The van der Waals surface area contributed by atoms with E-state index in [-0.39, 0.29) is 5.88 Å². The molecule has 0 saturated heterocycles. The van der Waals surface area contributed by atoms with Crippen LogP contribution in [0.4, 0.5) is 11.5 Å². The Morgan fingerprint density at radius 3 is 2.20 bits per heavy atom. The van der Waals surface area contributed by atoms with Crippen LogP contribution in [-0.4, -0.2) is 14.9 Å². The van der Waals surface area contributed by atoms with Crippen LogP contribution in [0, 0.1) is 0 Å². The van der Waals surface area contributed by atoms with E-state index < -0.39 is 0 Å². The highest BCUT2D eigenvalue weighted by molar-refractivity contribution is 5.41. The summed E-state index contributed by atoms with van der Waals surface area (Å²) in [6, 6.07) is 20.2. The Hall–Kier alpha value is -2.95. The van der Waals surface area contributed by atoms with Gasteiger partial charge in [-0.25, -0.2) is 0 Å². The zero-order valence-corrected chi connectivity index (χ0v) is 10.6. The summed E-state index contributed by atoms with van der Waals surface area (Å²) in [5.41, 5.74) is 1.51. The third-order valence-electron chi connectivity index (χ3n) is 2.70. The summed E-state index contributed by atoms with van der Waals surface area (Å²) in [7, 11) is 0. The van der Waals surface area contributed by atoms with Crippen molar-refractivity contribution in [2.45, 2.75) is 0 Å². The quantitative estimate of drug-likeness (QED) is 0.727. The van der Waals surface area contributed by atoms with Crippen LogP contribution in [0.3, 0.4) is 0 Å². The van der Waals surface area contributed by atoms with Crippen LogP contribution in [0.1, 0.15) is 0 Å². The Morgan fingerprint density at radius 1 is 0.850 bits per heavy atom. The lowest BCUT2D eigenvalue weighted by atomic mass is 10.3. The first-order chi connectivity index (χ1) is 9.83. The van der Waals surface area contributed by atoms with Crippen molar-refractivity contribution in [2.75, 3.05) is 0 Å². The van der Waals surface area contributed by atoms with Gasteiger partial charge in [-0.2, -0.15) is 4.68 Å². The molecule has 5 heteroatoms. The zero-order chi connectivity index (χ0) is 13.8. The zero-order valence-electron chi connectivity index (χ0n) is 10.6. The minimum Gasteiger partial charge on any atom is -0.493 e. The second-order valence-corrected chi connectivity index (χ2v) is 4.14. The molecule has 0 saturated carbocycles. The van der Waals surface area contributed by atoms with E-state index in [2.05, 4.69) is 15.3 Å². The van der Waals surface area contributed by atoms with Gasteiger partial charge in [0.2, 0.25) is 5.88 Å². The largest absolute Gasteiger partial charge is 0.493 e. The van der Waals surface area contributed by atoms with Gasteiger partial charge in [-0.05, 0) is 24.3 Å². The number of hydrogen-bond acceptors (Lipinski definition) is 4. The molecule has 5 nitrogen and oxygen atoms in total. The molecule has 3 rings (SSSR count). The number of azo groups is 1. The van der Waals surface area contributed by atoms with Gasteiger partial charge in [0.15, 0.2) is 5.82 Å². The number of hydrogen-bond donors (Lipinski definition) is 1. The van der Waals surface area contributed by atoms with Crippen LogP contribution in [0.2, 0.25) is 0 Å². The average Bonchev–Trinajstić information content (AvgIpc) is 2.88. The molecule has 2 aromatic carbocycles. The Kier molecular flexibility index (Phi) is 3.24. The van der Waals surface area contributed by atoms with Crippen molar-refractivity contribution in [3.05, 3.63) is 66.7 Å².